The average molecular weight is 168 g/mol. The van der Waals surface area contributed by atoms with Crippen molar-refractivity contribution in [1.82, 2.24) is 0 Å². The lowest BCUT2D eigenvalue weighted by molar-refractivity contribution is 0.336. The van der Waals surface area contributed by atoms with Crippen LogP contribution >= 0.6 is 0 Å². The molecular formula is C12H24. The molecule has 0 N–H and O–H groups in total. The normalized spacial score (nSPS) is 30.8. The molecule has 1 aliphatic rings. The fraction of sp³-hybridized carbons (Fsp3) is 1.00. The van der Waals surface area contributed by atoms with Gasteiger partial charge in [0.05, 0.1) is 0 Å². The minimum atomic E-state index is 0.991. The Hall–Kier alpha value is 0. The van der Waals surface area contributed by atoms with Gasteiger partial charge >= 0.3 is 0 Å². The second kappa shape index (κ2) is 4.30. The highest BCUT2D eigenvalue weighted by Gasteiger charge is 2.37. The van der Waals surface area contributed by atoms with Crippen molar-refractivity contribution >= 4 is 0 Å². The molecule has 0 bridgehead atoms. The minimum absolute atomic E-state index is 0.991. The number of hydrogen-bond acceptors (Lipinski definition) is 0. The number of rotatable bonds is 5. The highest BCUT2D eigenvalue weighted by Crippen LogP contribution is 2.46. The molecule has 12 heavy (non-hydrogen) atoms. The quantitative estimate of drug-likeness (QED) is 0.579. The summed E-state index contributed by atoms with van der Waals surface area (Å²) in [6, 6.07) is 0. The maximum absolute atomic E-state index is 2.45. The predicted molar refractivity (Wildman–Crippen MR) is 55.1 cm³/mol. The van der Waals surface area contributed by atoms with Crippen LogP contribution in [0.5, 0.6) is 0 Å². The van der Waals surface area contributed by atoms with Gasteiger partial charge in [0.15, 0.2) is 0 Å². The molecule has 0 aliphatic heterocycles. The van der Waals surface area contributed by atoms with E-state index in [9.17, 15) is 0 Å². The maximum atomic E-state index is 2.45. The summed E-state index contributed by atoms with van der Waals surface area (Å²) in [5, 5.41) is 0. The molecule has 1 fully saturated rings. The van der Waals surface area contributed by atoms with E-state index in [-0.39, 0.29) is 0 Å². The van der Waals surface area contributed by atoms with E-state index < -0.39 is 0 Å². The van der Waals surface area contributed by atoms with Crippen LogP contribution in [0.25, 0.3) is 0 Å². The van der Waals surface area contributed by atoms with Gasteiger partial charge in [0.25, 0.3) is 0 Å². The molecule has 1 aliphatic carbocycles. The zero-order chi connectivity index (χ0) is 9.14. The van der Waals surface area contributed by atoms with E-state index in [4.69, 9.17) is 0 Å². The number of hydrogen-bond donors (Lipinski definition) is 0. The third-order valence-electron chi connectivity index (χ3n) is 3.76. The molecule has 0 heteroatoms. The lowest BCUT2D eigenvalue weighted by Gasteiger charge is -2.17. The first kappa shape index (κ1) is 10.1. The molecule has 1 saturated carbocycles. The summed E-state index contributed by atoms with van der Waals surface area (Å²) < 4.78 is 0. The van der Waals surface area contributed by atoms with Crippen molar-refractivity contribution < 1.29 is 0 Å². The molecule has 0 saturated heterocycles. The van der Waals surface area contributed by atoms with Crippen LogP contribution in [0.4, 0.5) is 0 Å². The summed E-state index contributed by atoms with van der Waals surface area (Å²) in [5.41, 5.74) is 0. The van der Waals surface area contributed by atoms with Crippen molar-refractivity contribution in [3.8, 4) is 0 Å². The molecule has 3 atom stereocenters. The smallest absolute Gasteiger partial charge is 0.0360 e. The third kappa shape index (κ3) is 2.50. The Morgan fingerprint density at radius 3 is 2.08 bits per heavy atom. The van der Waals surface area contributed by atoms with Gasteiger partial charge in [0.2, 0.25) is 0 Å². The van der Waals surface area contributed by atoms with Gasteiger partial charge in [-0.3, -0.25) is 0 Å². The minimum Gasteiger partial charge on any atom is -0.0651 e. The highest BCUT2D eigenvalue weighted by molar-refractivity contribution is 4.86. The van der Waals surface area contributed by atoms with Crippen LogP contribution < -0.4 is 0 Å². The van der Waals surface area contributed by atoms with Crippen LogP contribution in [0.1, 0.15) is 53.4 Å². The summed E-state index contributed by atoms with van der Waals surface area (Å²) in [7, 11) is 0. The standard InChI is InChI=1S/C12H24/c1-5-11(6-2)7-9(3)12-8-10(12)4/h9-12H,5-8H2,1-4H3. The summed E-state index contributed by atoms with van der Waals surface area (Å²) in [4.78, 5) is 0. The summed E-state index contributed by atoms with van der Waals surface area (Å²) in [6.07, 6.45) is 5.73. The summed E-state index contributed by atoms with van der Waals surface area (Å²) in [5.74, 6) is 4.10. The Morgan fingerprint density at radius 2 is 1.75 bits per heavy atom. The Balaban J connectivity index is 2.20. The van der Waals surface area contributed by atoms with E-state index >= 15 is 0 Å². The Morgan fingerprint density at radius 1 is 1.25 bits per heavy atom. The fourth-order valence-corrected chi connectivity index (χ4v) is 2.47. The van der Waals surface area contributed by atoms with E-state index in [1.165, 1.54) is 25.7 Å². The lowest BCUT2D eigenvalue weighted by Crippen LogP contribution is -2.07. The van der Waals surface area contributed by atoms with Crippen molar-refractivity contribution in [3.63, 3.8) is 0 Å². The lowest BCUT2D eigenvalue weighted by atomic mass is 9.88. The molecule has 0 aromatic rings. The second-order valence-electron chi connectivity index (χ2n) is 4.77. The van der Waals surface area contributed by atoms with Gasteiger partial charge in [0, 0.05) is 0 Å². The van der Waals surface area contributed by atoms with Gasteiger partial charge in [-0.15, -0.1) is 0 Å². The van der Waals surface area contributed by atoms with Crippen molar-refractivity contribution in [2.45, 2.75) is 53.4 Å². The first-order valence-corrected chi connectivity index (χ1v) is 5.69. The van der Waals surface area contributed by atoms with Crippen molar-refractivity contribution in [2.24, 2.45) is 23.7 Å². The maximum Gasteiger partial charge on any atom is -0.0360 e. The van der Waals surface area contributed by atoms with Gasteiger partial charge < -0.3 is 0 Å². The molecule has 72 valence electrons. The topological polar surface area (TPSA) is 0 Å². The van der Waals surface area contributed by atoms with E-state index in [1.807, 2.05) is 0 Å². The van der Waals surface area contributed by atoms with Crippen LogP contribution in [0.2, 0.25) is 0 Å². The van der Waals surface area contributed by atoms with E-state index in [1.54, 1.807) is 0 Å². The van der Waals surface area contributed by atoms with Gasteiger partial charge in [0.1, 0.15) is 0 Å². The molecule has 0 heterocycles. The summed E-state index contributed by atoms with van der Waals surface area (Å²) >= 11 is 0. The molecule has 0 nitrogen and oxygen atoms in total. The van der Waals surface area contributed by atoms with Crippen LogP contribution in [-0.2, 0) is 0 Å². The highest BCUT2D eigenvalue weighted by atomic mass is 14.4. The molecule has 3 unspecified atom stereocenters. The largest absolute Gasteiger partial charge is 0.0651 e. The zero-order valence-electron chi connectivity index (χ0n) is 9.14. The molecule has 0 amide bonds. The zero-order valence-corrected chi connectivity index (χ0v) is 9.14. The van der Waals surface area contributed by atoms with Gasteiger partial charge in [-0.25, -0.2) is 0 Å². The Labute approximate surface area is 77.7 Å². The van der Waals surface area contributed by atoms with Gasteiger partial charge in [-0.1, -0.05) is 40.5 Å². The van der Waals surface area contributed by atoms with E-state index in [0.29, 0.717) is 0 Å². The van der Waals surface area contributed by atoms with Crippen molar-refractivity contribution in [2.75, 3.05) is 0 Å². The summed E-state index contributed by atoms with van der Waals surface area (Å²) in [6.45, 7) is 9.51. The SMILES string of the molecule is CCC(CC)CC(C)C1CC1C. The van der Waals surface area contributed by atoms with E-state index in [2.05, 4.69) is 27.7 Å². The first-order chi connectivity index (χ1) is 5.69. The van der Waals surface area contributed by atoms with Crippen LogP contribution in [0, 0.1) is 23.7 Å². The molecule has 0 aromatic heterocycles. The molecule has 1 rings (SSSR count). The van der Waals surface area contributed by atoms with E-state index in [0.717, 1.165) is 23.7 Å². The van der Waals surface area contributed by atoms with Crippen LogP contribution in [0.15, 0.2) is 0 Å². The van der Waals surface area contributed by atoms with Crippen molar-refractivity contribution in [1.29, 1.82) is 0 Å². The Kier molecular flexibility index (Phi) is 3.61. The molecule has 0 radical (unpaired) electrons. The van der Waals surface area contributed by atoms with Gasteiger partial charge in [-0.2, -0.15) is 0 Å². The van der Waals surface area contributed by atoms with Crippen LogP contribution in [0.3, 0.4) is 0 Å². The average Bonchev–Trinajstić information content (AvgIpc) is 2.78. The first-order valence-electron chi connectivity index (χ1n) is 5.69. The van der Waals surface area contributed by atoms with Crippen molar-refractivity contribution in [3.05, 3.63) is 0 Å². The Bertz CT molecular complexity index is 124. The van der Waals surface area contributed by atoms with Crippen LogP contribution in [-0.4, -0.2) is 0 Å². The monoisotopic (exact) mass is 168 g/mol. The second-order valence-corrected chi connectivity index (χ2v) is 4.77. The molecular weight excluding hydrogens is 144 g/mol. The van der Waals surface area contributed by atoms with Gasteiger partial charge in [-0.05, 0) is 36.5 Å². The third-order valence-corrected chi connectivity index (χ3v) is 3.76. The predicted octanol–water partition coefficient (Wildman–Crippen LogP) is 4.10. The molecule has 0 aromatic carbocycles. The fourth-order valence-electron chi connectivity index (χ4n) is 2.47. The molecule has 0 spiro atoms.